The van der Waals surface area contributed by atoms with Gasteiger partial charge in [0.05, 0.1) is 0 Å². The summed E-state index contributed by atoms with van der Waals surface area (Å²) in [6.45, 7) is 5.56. The van der Waals surface area contributed by atoms with E-state index in [1.807, 2.05) is 0 Å². The normalized spacial score (nSPS) is 12.9. The lowest BCUT2D eigenvalue weighted by molar-refractivity contribution is 0.189. The van der Waals surface area contributed by atoms with Crippen molar-refractivity contribution < 1.29 is 4.74 Å². The van der Waals surface area contributed by atoms with Crippen LogP contribution in [0.2, 0.25) is 0 Å². The maximum Gasteiger partial charge on any atom is 0.343 e. The Bertz CT molecular complexity index is 361. The van der Waals surface area contributed by atoms with Gasteiger partial charge in [-0.1, -0.05) is 25.6 Å². The number of H-pyrrole nitrogens is 1. The Morgan fingerprint density at radius 3 is 3.00 bits per heavy atom. The highest BCUT2D eigenvalue weighted by molar-refractivity contribution is 7.99. The Balaban J connectivity index is 2.66. The summed E-state index contributed by atoms with van der Waals surface area (Å²) >= 11 is 1.63. The van der Waals surface area contributed by atoms with Crippen molar-refractivity contribution in [2.75, 3.05) is 13.7 Å². The fraction of sp³-hybridized carbons (Fsp3) is 0.800. The topological polar surface area (TPSA) is 59.9 Å². The van der Waals surface area contributed by atoms with E-state index in [0.29, 0.717) is 18.4 Å². The number of hydrogen-bond acceptors (Lipinski definition) is 4. The van der Waals surface area contributed by atoms with Crippen molar-refractivity contribution >= 4 is 11.8 Å². The van der Waals surface area contributed by atoms with Gasteiger partial charge in [-0.05, 0) is 12.8 Å². The molecule has 0 spiro atoms. The monoisotopic (exact) mass is 245 g/mol. The minimum absolute atomic E-state index is 0.137. The van der Waals surface area contributed by atoms with Gasteiger partial charge in [0.15, 0.2) is 5.16 Å². The van der Waals surface area contributed by atoms with Crippen LogP contribution in [0.15, 0.2) is 9.95 Å². The lowest BCUT2D eigenvalue weighted by atomic mass is 10.4. The lowest BCUT2D eigenvalue weighted by Gasteiger charge is -2.08. The summed E-state index contributed by atoms with van der Waals surface area (Å²) in [7, 11) is 1.66. The van der Waals surface area contributed by atoms with Crippen molar-refractivity contribution in [3.05, 3.63) is 10.5 Å². The average Bonchev–Trinajstić information content (AvgIpc) is 2.61. The molecule has 0 fully saturated rings. The molecule has 6 heteroatoms. The number of ether oxygens (including phenoxy) is 1. The van der Waals surface area contributed by atoms with Gasteiger partial charge in [0.2, 0.25) is 0 Å². The summed E-state index contributed by atoms with van der Waals surface area (Å²) in [5.74, 6) is 0. The summed E-state index contributed by atoms with van der Waals surface area (Å²) in [5, 5.41) is 7.76. The number of hydrogen-bond donors (Lipinski definition) is 1. The molecule has 1 N–H and O–H groups in total. The molecule has 1 aromatic heterocycles. The number of nitrogens with one attached hydrogen (secondary N) is 1. The second-order valence-corrected chi connectivity index (χ2v) is 5.05. The first-order valence-electron chi connectivity index (χ1n) is 5.49. The Hall–Kier alpha value is -0.750. The van der Waals surface area contributed by atoms with Gasteiger partial charge in [-0.15, -0.1) is 5.10 Å². The molecular formula is C10H19N3O2S. The van der Waals surface area contributed by atoms with Gasteiger partial charge in [0, 0.05) is 25.5 Å². The molecule has 0 radical (unpaired) electrons. The molecule has 0 aliphatic heterocycles. The molecule has 1 unspecified atom stereocenters. The van der Waals surface area contributed by atoms with E-state index in [1.165, 1.54) is 0 Å². The summed E-state index contributed by atoms with van der Waals surface area (Å²) in [4.78, 5) is 11.5. The van der Waals surface area contributed by atoms with Crippen LogP contribution < -0.4 is 5.69 Å². The summed E-state index contributed by atoms with van der Waals surface area (Å²) in [5.41, 5.74) is -0.137. The van der Waals surface area contributed by atoms with E-state index in [0.717, 1.165) is 18.0 Å². The summed E-state index contributed by atoms with van der Waals surface area (Å²) < 4.78 is 6.65. The molecule has 0 saturated heterocycles. The summed E-state index contributed by atoms with van der Waals surface area (Å²) in [6, 6.07) is 0. The van der Waals surface area contributed by atoms with Gasteiger partial charge < -0.3 is 4.74 Å². The van der Waals surface area contributed by atoms with Crippen molar-refractivity contribution in [3.8, 4) is 0 Å². The van der Waals surface area contributed by atoms with E-state index in [1.54, 1.807) is 23.4 Å². The van der Waals surface area contributed by atoms with Crippen LogP contribution in [0.3, 0.4) is 0 Å². The highest BCUT2D eigenvalue weighted by Gasteiger charge is 2.11. The molecule has 1 heterocycles. The average molecular weight is 245 g/mol. The van der Waals surface area contributed by atoms with Crippen LogP contribution in [0, 0.1) is 0 Å². The zero-order valence-electron chi connectivity index (χ0n) is 10.0. The second-order valence-electron chi connectivity index (χ2n) is 3.65. The van der Waals surface area contributed by atoms with E-state index < -0.39 is 0 Å². The number of methoxy groups -OCH3 is 1. The van der Waals surface area contributed by atoms with Crippen molar-refractivity contribution in [2.24, 2.45) is 0 Å². The third-order valence-corrected chi connectivity index (χ3v) is 3.59. The highest BCUT2D eigenvalue weighted by Crippen LogP contribution is 2.21. The van der Waals surface area contributed by atoms with E-state index in [-0.39, 0.29) is 5.69 Å². The lowest BCUT2D eigenvalue weighted by Crippen LogP contribution is -2.18. The molecular weight excluding hydrogens is 226 g/mol. The standard InChI is InChI=1S/C10H19N3O2S/c1-4-8(2)16-10-12-11-9(14)13(10)6-5-7-15-3/h8H,4-7H2,1-3H3,(H,11,14). The van der Waals surface area contributed by atoms with Gasteiger partial charge >= 0.3 is 5.69 Å². The fourth-order valence-electron chi connectivity index (χ4n) is 1.22. The molecule has 1 atom stereocenters. The second kappa shape index (κ2) is 6.75. The summed E-state index contributed by atoms with van der Waals surface area (Å²) in [6.07, 6.45) is 1.88. The zero-order valence-corrected chi connectivity index (χ0v) is 10.8. The molecule has 16 heavy (non-hydrogen) atoms. The zero-order chi connectivity index (χ0) is 12.0. The molecule has 0 aliphatic rings. The third-order valence-electron chi connectivity index (χ3n) is 2.33. The highest BCUT2D eigenvalue weighted by atomic mass is 32.2. The van der Waals surface area contributed by atoms with Crippen LogP contribution >= 0.6 is 11.8 Å². The van der Waals surface area contributed by atoms with Crippen molar-refractivity contribution in [2.45, 2.75) is 43.6 Å². The predicted octanol–water partition coefficient (Wildman–Crippen LogP) is 1.50. The van der Waals surface area contributed by atoms with Crippen molar-refractivity contribution in [1.82, 2.24) is 14.8 Å². The molecule has 0 aliphatic carbocycles. The Labute approximate surface area is 99.6 Å². The SMILES string of the molecule is CCC(C)Sc1n[nH]c(=O)n1CCCOC. The van der Waals surface area contributed by atoms with E-state index in [2.05, 4.69) is 24.0 Å². The molecule has 5 nitrogen and oxygen atoms in total. The number of rotatable bonds is 7. The van der Waals surface area contributed by atoms with Crippen molar-refractivity contribution in [1.29, 1.82) is 0 Å². The van der Waals surface area contributed by atoms with Crippen LogP contribution in [-0.2, 0) is 11.3 Å². The molecule has 92 valence electrons. The Morgan fingerprint density at radius 1 is 1.62 bits per heavy atom. The van der Waals surface area contributed by atoms with E-state index in [4.69, 9.17) is 4.74 Å². The quantitative estimate of drug-likeness (QED) is 0.584. The largest absolute Gasteiger partial charge is 0.385 e. The minimum Gasteiger partial charge on any atom is -0.385 e. The van der Waals surface area contributed by atoms with Gasteiger partial charge in [-0.2, -0.15) is 0 Å². The molecule has 0 bridgehead atoms. The maximum absolute atomic E-state index is 11.5. The molecule has 1 aromatic rings. The smallest absolute Gasteiger partial charge is 0.343 e. The van der Waals surface area contributed by atoms with Crippen molar-refractivity contribution in [3.63, 3.8) is 0 Å². The van der Waals surface area contributed by atoms with E-state index in [9.17, 15) is 4.79 Å². The maximum atomic E-state index is 11.5. The van der Waals surface area contributed by atoms with Gasteiger partial charge in [-0.3, -0.25) is 4.57 Å². The molecule has 0 saturated carbocycles. The van der Waals surface area contributed by atoms with Crippen LogP contribution in [0.1, 0.15) is 26.7 Å². The van der Waals surface area contributed by atoms with E-state index >= 15 is 0 Å². The van der Waals surface area contributed by atoms with Crippen LogP contribution in [0.25, 0.3) is 0 Å². The molecule has 1 rings (SSSR count). The fourth-order valence-corrected chi connectivity index (χ4v) is 2.15. The number of aromatic nitrogens is 3. The van der Waals surface area contributed by atoms with Crippen LogP contribution in [-0.4, -0.2) is 33.7 Å². The minimum atomic E-state index is -0.137. The van der Waals surface area contributed by atoms with Gasteiger partial charge in [0.1, 0.15) is 0 Å². The number of aromatic amines is 1. The molecule has 0 aromatic carbocycles. The third kappa shape index (κ3) is 3.68. The first-order valence-corrected chi connectivity index (χ1v) is 6.37. The predicted molar refractivity (Wildman–Crippen MR) is 65.0 cm³/mol. The number of thioether (sulfide) groups is 1. The first-order chi connectivity index (χ1) is 7.69. The Morgan fingerprint density at radius 2 is 2.38 bits per heavy atom. The Kier molecular flexibility index (Phi) is 5.62. The van der Waals surface area contributed by atoms with Crippen LogP contribution in [0.5, 0.6) is 0 Å². The van der Waals surface area contributed by atoms with Crippen LogP contribution in [0.4, 0.5) is 0 Å². The van der Waals surface area contributed by atoms with Gasteiger partial charge in [0.25, 0.3) is 0 Å². The molecule has 0 amide bonds. The number of nitrogens with zero attached hydrogens (tertiary/aromatic N) is 2. The van der Waals surface area contributed by atoms with Gasteiger partial charge in [-0.25, -0.2) is 9.89 Å². The first kappa shape index (κ1) is 13.3.